The summed E-state index contributed by atoms with van der Waals surface area (Å²) in [6.45, 7) is 2.02. The highest BCUT2D eigenvalue weighted by atomic mass is 14.7. The minimum Gasteiger partial charge on any atom is -0.397 e. The van der Waals surface area contributed by atoms with Gasteiger partial charge in [0.2, 0.25) is 0 Å². The van der Waals surface area contributed by atoms with E-state index in [2.05, 4.69) is 22.1 Å². The number of hydrogen-bond acceptors (Lipinski definition) is 3. The number of fused-ring (bicyclic) bond motifs is 1. The largest absolute Gasteiger partial charge is 0.397 e. The molecule has 0 spiro atoms. The first-order valence-electron chi connectivity index (χ1n) is 5.81. The summed E-state index contributed by atoms with van der Waals surface area (Å²) in [6, 6.07) is 10.2. The van der Waals surface area contributed by atoms with Crippen molar-refractivity contribution >= 4 is 16.6 Å². The molecule has 3 aromatic rings. The first-order valence-corrected chi connectivity index (χ1v) is 5.81. The number of anilines is 1. The number of benzene rings is 1. The molecular formula is C15H13N3. The number of nitrogens with two attached hydrogens (primary N) is 1. The summed E-state index contributed by atoms with van der Waals surface area (Å²) >= 11 is 0. The van der Waals surface area contributed by atoms with Crippen LogP contribution in [-0.4, -0.2) is 9.97 Å². The van der Waals surface area contributed by atoms with Crippen LogP contribution in [0.3, 0.4) is 0 Å². The van der Waals surface area contributed by atoms with Gasteiger partial charge in [-0.05, 0) is 36.2 Å². The molecular weight excluding hydrogens is 222 g/mol. The molecule has 2 heterocycles. The zero-order chi connectivity index (χ0) is 12.5. The van der Waals surface area contributed by atoms with E-state index in [1.54, 1.807) is 12.4 Å². The third-order valence-corrected chi connectivity index (χ3v) is 3.17. The van der Waals surface area contributed by atoms with Gasteiger partial charge < -0.3 is 5.73 Å². The minimum absolute atomic E-state index is 0.728. The molecule has 3 nitrogen and oxygen atoms in total. The lowest BCUT2D eigenvalue weighted by Gasteiger charge is -2.07. The van der Waals surface area contributed by atoms with Gasteiger partial charge in [0.25, 0.3) is 0 Å². The van der Waals surface area contributed by atoms with Crippen molar-refractivity contribution in [3.05, 3.63) is 54.5 Å². The van der Waals surface area contributed by atoms with E-state index in [-0.39, 0.29) is 0 Å². The Morgan fingerprint density at radius 1 is 1.06 bits per heavy atom. The van der Waals surface area contributed by atoms with Crippen LogP contribution in [-0.2, 0) is 0 Å². The maximum Gasteiger partial charge on any atom is 0.0706 e. The van der Waals surface area contributed by atoms with E-state index in [0.29, 0.717) is 0 Å². The quantitative estimate of drug-likeness (QED) is 0.704. The number of aromatic nitrogens is 2. The molecule has 2 N–H and O–H groups in total. The summed E-state index contributed by atoms with van der Waals surface area (Å²) < 4.78 is 0. The summed E-state index contributed by atoms with van der Waals surface area (Å²) in [7, 11) is 0. The van der Waals surface area contributed by atoms with Crippen molar-refractivity contribution in [3.63, 3.8) is 0 Å². The zero-order valence-corrected chi connectivity index (χ0v) is 10.1. The Labute approximate surface area is 105 Å². The highest BCUT2D eigenvalue weighted by Gasteiger charge is 2.04. The standard InChI is InChI=1S/C15H13N3/c1-10-13-7-11(12-3-2-6-17-8-12)4-5-15(13)18-9-14(10)16/h2-9H,16H2,1H3. The number of nitrogens with zero attached hydrogens (tertiary/aromatic N) is 2. The monoisotopic (exact) mass is 235 g/mol. The van der Waals surface area contributed by atoms with Crippen molar-refractivity contribution in [3.8, 4) is 11.1 Å². The summed E-state index contributed by atoms with van der Waals surface area (Å²) in [5.74, 6) is 0. The molecule has 0 amide bonds. The maximum absolute atomic E-state index is 5.90. The Morgan fingerprint density at radius 3 is 2.72 bits per heavy atom. The van der Waals surface area contributed by atoms with Gasteiger partial charge in [0.1, 0.15) is 0 Å². The highest BCUT2D eigenvalue weighted by molar-refractivity contribution is 5.89. The van der Waals surface area contributed by atoms with E-state index in [4.69, 9.17) is 5.73 Å². The second-order valence-electron chi connectivity index (χ2n) is 4.31. The Balaban J connectivity index is 2.25. The lowest BCUT2D eigenvalue weighted by atomic mass is 10.0. The smallest absolute Gasteiger partial charge is 0.0706 e. The SMILES string of the molecule is Cc1c(N)cnc2ccc(-c3cccnc3)cc12. The number of pyridine rings is 2. The van der Waals surface area contributed by atoms with Gasteiger partial charge in [-0.2, -0.15) is 0 Å². The van der Waals surface area contributed by atoms with Crippen LogP contribution in [0.4, 0.5) is 5.69 Å². The van der Waals surface area contributed by atoms with Crippen molar-refractivity contribution < 1.29 is 0 Å². The van der Waals surface area contributed by atoms with Crippen molar-refractivity contribution in [2.45, 2.75) is 6.92 Å². The Morgan fingerprint density at radius 2 is 1.94 bits per heavy atom. The van der Waals surface area contributed by atoms with Gasteiger partial charge >= 0.3 is 0 Å². The van der Waals surface area contributed by atoms with Gasteiger partial charge in [-0.1, -0.05) is 12.1 Å². The second kappa shape index (κ2) is 4.11. The number of aryl methyl sites for hydroxylation is 1. The zero-order valence-electron chi connectivity index (χ0n) is 10.1. The fraction of sp³-hybridized carbons (Fsp3) is 0.0667. The molecule has 88 valence electrons. The molecule has 0 atom stereocenters. The van der Waals surface area contributed by atoms with E-state index >= 15 is 0 Å². The molecule has 2 aromatic heterocycles. The molecule has 0 aliphatic rings. The molecule has 3 heteroatoms. The van der Waals surface area contributed by atoms with Crippen LogP contribution in [0, 0.1) is 6.92 Å². The van der Waals surface area contributed by atoms with Crippen LogP contribution in [0.2, 0.25) is 0 Å². The molecule has 1 aromatic carbocycles. The molecule has 0 aliphatic carbocycles. The van der Waals surface area contributed by atoms with Gasteiger partial charge in [-0.15, -0.1) is 0 Å². The average Bonchev–Trinajstić information content (AvgIpc) is 2.44. The predicted octanol–water partition coefficient (Wildman–Crippen LogP) is 3.19. The third-order valence-electron chi connectivity index (χ3n) is 3.17. The highest BCUT2D eigenvalue weighted by Crippen LogP contribution is 2.26. The van der Waals surface area contributed by atoms with Crippen molar-refractivity contribution in [1.29, 1.82) is 0 Å². The topological polar surface area (TPSA) is 51.8 Å². The molecule has 18 heavy (non-hydrogen) atoms. The fourth-order valence-electron chi connectivity index (χ4n) is 2.05. The molecule has 0 radical (unpaired) electrons. The van der Waals surface area contributed by atoms with Gasteiger partial charge in [0.05, 0.1) is 17.4 Å². The van der Waals surface area contributed by atoms with Gasteiger partial charge in [-0.25, -0.2) is 0 Å². The Hall–Kier alpha value is -2.42. The summed E-state index contributed by atoms with van der Waals surface area (Å²) in [4.78, 5) is 8.48. The number of nitrogen functional groups attached to an aromatic ring is 1. The van der Waals surface area contributed by atoms with Crippen molar-refractivity contribution in [2.75, 3.05) is 5.73 Å². The molecule has 0 aliphatic heterocycles. The van der Waals surface area contributed by atoms with Crippen LogP contribution >= 0.6 is 0 Å². The van der Waals surface area contributed by atoms with Crippen LogP contribution in [0.15, 0.2) is 48.9 Å². The summed E-state index contributed by atoms with van der Waals surface area (Å²) in [5, 5.41) is 1.09. The van der Waals surface area contributed by atoms with Gasteiger partial charge in [-0.3, -0.25) is 9.97 Å². The Kier molecular flexibility index (Phi) is 2.45. The molecule has 0 saturated carbocycles. The normalized spacial score (nSPS) is 10.7. The number of rotatable bonds is 1. The van der Waals surface area contributed by atoms with Crippen LogP contribution in [0.5, 0.6) is 0 Å². The van der Waals surface area contributed by atoms with Crippen LogP contribution < -0.4 is 5.73 Å². The van der Waals surface area contributed by atoms with Crippen LogP contribution in [0.1, 0.15) is 5.56 Å². The van der Waals surface area contributed by atoms with E-state index in [1.165, 1.54) is 0 Å². The van der Waals surface area contributed by atoms with E-state index in [9.17, 15) is 0 Å². The van der Waals surface area contributed by atoms with Crippen molar-refractivity contribution in [2.24, 2.45) is 0 Å². The predicted molar refractivity (Wildman–Crippen MR) is 74.1 cm³/mol. The first-order chi connectivity index (χ1) is 8.75. The average molecular weight is 235 g/mol. The van der Waals surface area contributed by atoms with E-state index < -0.39 is 0 Å². The molecule has 0 fully saturated rings. The minimum atomic E-state index is 0.728. The maximum atomic E-state index is 5.90. The lowest BCUT2D eigenvalue weighted by molar-refractivity contribution is 1.33. The Bertz CT molecular complexity index is 706. The first kappa shape index (κ1) is 10.7. The van der Waals surface area contributed by atoms with Gasteiger partial charge in [0, 0.05) is 23.3 Å². The fourth-order valence-corrected chi connectivity index (χ4v) is 2.05. The number of hydrogen-bond donors (Lipinski definition) is 1. The van der Waals surface area contributed by atoms with E-state index in [0.717, 1.165) is 33.3 Å². The molecule has 3 rings (SSSR count). The van der Waals surface area contributed by atoms with Crippen molar-refractivity contribution in [1.82, 2.24) is 9.97 Å². The molecule has 0 saturated heterocycles. The third kappa shape index (κ3) is 1.70. The van der Waals surface area contributed by atoms with Gasteiger partial charge in [0.15, 0.2) is 0 Å². The summed E-state index contributed by atoms with van der Waals surface area (Å²) in [6.07, 6.45) is 5.34. The lowest BCUT2D eigenvalue weighted by Crippen LogP contribution is -1.93. The molecule has 0 bridgehead atoms. The molecule has 0 unspecified atom stereocenters. The summed E-state index contributed by atoms with van der Waals surface area (Å²) in [5.41, 5.74) is 10.9. The second-order valence-corrected chi connectivity index (χ2v) is 4.31. The van der Waals surface area contributed by atoms with E-state index in [1.807, 2.05) is 31.3 Å². The van der Waals surface area contributed by atoms with Crippen LogP contribution in [0.25, 0.3) is 22.0 Å².